The van der Waals surface area contributed by atoms with Gasteiger partial charge in [0.1, 0.15) is 0 Å². The van der Waals surface area contributed by atoms with Gasteiger partial charge in [0.25, 0.3) is 0 Å². The van der Waals surface area contributed by atoms with Crippen LogP contribution in [0.2, 0.25) is 0 Å². The Morgan fingerprint density at radius 2 is 1.73 bits per heavy atom. The lowest BCUT2D eigenvalue weighted by atomic mass is 9.87. The molecule has 138 valence electrons. The molecule has 0 aliphatic carbocycles. The average Bonchev–Trinajstić information content (AvgIpc) is 2.82. The van der Waals surface area contributed by atoms with Crippen molar-refractivity contribution in [2.75, 3.05) is 34.9 Å². The topological polar surface area (TPSA) is 60.4 Å². The van der Waals surface area contributed by atoms with Gasteiger partial charge in [0.05, 0.1) is 27.4 Å². The van der Waals surface area contributed by atoms with Crippen molar-refractivity contribution in [3.63, 3.8) is 0 Å². The first-order chi connectivity index (χ1) is 12.6. The Balaban J connectivity index is 1.99. The summed E-state index contributed by atoms with van der Waals surface area (Å²) in [6.07, 6.45) is 0.184. The number of likely N-dealkylation sites (N-methyl/N-ethyl adjacent to an activating group) is 1. The summed E-state index contributed by atoms with van der Waals surface area (Å²) in [6.45, 7) is 0.575. The molecule has 0 amide bonds. The number of nitrogens with zero attached hydrogens (tertiary/aromatic N) is 1. The van der Waals surface area contributed by atoms with E-state index in [4.69, 9.17) is 18.9 Å². The van der Waals surface area contributed by atoms with Crippen molar-refractivity contribution in [2.45, 2.75) is 18.6 Å². The summed E-state index contributed by atoms with van der Waals surface area (Å²) in [4.78, 5) is 2.16. The molecule has 2 atom stereocenters. The molecule has 0 fully saturated rings. The van der Waals surface area contributed by atoms with E-state index < -0.39 is 6.10 Å². The van der Waals surface area contributed by atoms with Crippen LogP contribution in [0.4, 0.5) is 0 Å². The number of β-amino-alcohol motifs (C(OH)–C–C–N with tert-alkyl or cyclic N) is 1. The largest absolute Gasteiger partial charge is 0.493 e. The van der Waals surface area contributed by atoms with Crippen LogP contribution in [0.3, 0.4) is 0 Å². The average molecular weight is 357 g/mol. The second-order valence-electron chi connectivity index (χ2n) is 6.67. The van der Waals surface area contributed by atoms with Gasteiger partial charge in [0.2, 0.25) is 5.75 Å². The Labute approximate surface area is 152 Å². The van der Waals surface area contributed by atoms with Crippen LogP contribution in [0.5, 0.6) is 28.7 Å². The maximum atomic E-state index is 10.6. The van der Waals surface area contributed by atoms with E-state index in [0.29, 0.717) is 35.3 Å². The van der Waals surface area contributed by atoms with Crippen LogP contribution in [-0.2, 0) is 6.42 Å². The summed E-state index contributed by atoms with van der Waals surface area (Å²) in [6, 6.07) is 7.76. The Morgan fingerprint density at radius 1 is 1.00 bits per heavy atom. The molecule has 0 bridgehead atoms. The van der Waals surface area contributed by atoms with Crippen LogP contribution in [0.1, 0.15) is 28.8 Å². The highest BCUT2D eigenvalue weighted by molar-refractivity contribution is 5.63. The van der Waals surface area contributed by atoms with E-state index in [-0.39, 0.29) is 6.04 Å². The number of hydrogen-bond acceptors (Lipinski definition) is 6. The normalized spacial score (nSPS) is 21.1. The lowest BCUT2D eigenvalue weighted by molar-refractivity contribution is 0.0832. The highest BCUT2D eigenvalue weighted by atomic mass is 16.5. The summed E-state index contributed by atoms with van der Waals surface area (Å²) >= 11 is 0. The second kappa shape index (κ2) is 6.37. The number of rotatable bonds is 3. The number of ether oxygens (including phenoxy) is 4. The molecule has 2 heterocycles. The SMILES string of the molecule is COc1ccc2c(c1OC)Oc1c(OC)ccc3c1[C@H](C2)N(C)C[C@@H]3O. The third-order valence-corrected chi connectivity index (χ3v) is 5.30. The van der Waals surface area contributed by atoms with E-state index in [1.807, 2.05) is 31.3 Å². The number of benzene rings is 2. The first-order valence-electron chi connectivity index (χ1n) is 8.59. The van der Waals surface area contributed by atoms with E-state index in [2.05, 4.69) is 4.90 Å². The van der Waals surface area contributed by atoms with Crippen molar-refractivity contribution >= 4 is 0 Å². The van der Waals surface area contributed by atoms with E-state index in [1.165, 1.54) is 0 Å². The molecule has 0 saturated heterocycles. The van der Waals surface area contributed by atoms with Gasteiger partial charge in [-0.2, -0.15) is 0 Å². The number of fused-ring (bicyclic) bond motifs is 1. The minimum atomic E-state index is -0.558. The van der Waals surface area contributed by atoms with Crippen molar-refractivity contribution in [2.24, 2.45) is 0 Å². The number of hydrogen-bond donors (Lipinski definition) is 1. The van der Waals surface area contributed by atoms with Gasteiger partial charge < -0.3 is 24.1 Å². The summed E-state index contributed by atoms with van der Waals surface area (Å²) in [5.41, 5.74) is 2.89. The van der Waals surface area contributed by atoms with Gasteiger partial charge in [-0.15, -0.1) is 0 Å². The standard InChI is InChI=1S/C20H23NO5/c1-21-10-14(22)12-6-8-15(23-2)19-17(12)13(21)9-11-5-7-16(24-3)20(25-4)18(11)26-19/h5-8,13-14,22H,9-10H2,1-4H3/t13-,14-/m0/s1. The van der Waals surface area contributed by atoms with Crippen molar-refractivity contribution in [3.05, 3.63) is 41.0 Å². The van der Waals surface area contributed by atoms with Crippen LogP contribution in [0, 0.1) is 0 Å². The molecule has 2 aromatic rings. The molecule has 6 heteroatoms. The summed E-state index contributed by atoms with van der Waals surface area (Å²) in [7, 11) is 6.85. The lowest BCUT2D eigenvalue weighted by Crippen LogP contribution is -2.35. The number of aliphatic hydroxyl groups excluding tert-OH is 1. The predicted octanol–water partition coefficient (Wildman–Crippen LogP) is 3.08. The molecule has 0 radical (unpaired) electrons. The molecule has 0 aromatic heterocycles. The highest BCUT2D eigenvalue weighted by Crippen LogP contribution is 2.53. The summed E-state index contributed by atoms with van der Waals surface area (Å²) in [5.74, 6) is 3.08. The molecule has 2 aliphatic rings. The first-order valence-corrected chi connectivity index (χ1v) is 8.59. The molecule has 2 aliphatic heterocycles. The van der Waals surface area contributed by atoms with Gasteiger partial charge in [0.15, 0.2) is 23.0 Å². The fourth-order valence-corrected chi connectivity index (χ4v) is 3.99. The van der Waals surface area contributed by atoms with E-state index >= 15 is 0 Å². The maximum absolute atomic E-state index is 10.6. The predicted molar refractivity (Wildman–Crippen MR) is 96.6 cm³/mol. The van der Waals surface area contributed by atoms with Crippen LogP contribution in [0.15, 0.2) is 24.3 Å². The van der Waals surface area contributed by atoms with Gasteiger partial charge in [-0.3, -0.25) is 4.90 Å². The van der Waals surface area contributed by atoms with Crippen LogP contribution >= 0.6 is 0 Å². The molecule has 0 unspecified atom stereocenters. The van der Waals surface area contributed by atoms with Crippen molar-refractivity contribution in [1.82, 2.24) is 4.90 Å². The molecular formula is C20H23NO5. The third kappa shape index (κ3) is 2.40. The van der Waals surface area contributed by atoms with Gasteiger partial charge in [-0.1, -0.05) is 12.1 Å². The minimum Gasteiger partial charge on any atom is -0.493 e. The molecule has 6 nitrogen and oxygen atoms in total. The van der Waals surface area contributed by atoms with Crippen molar-refractivity contribution in [1.29, 1.82) is 0 Å². The zero-order valence-corrected chi connectivity index (χ0v) is 15.4. The molecular weight excluding hydrogens is 334 g/mol. The van der Waals surface area contributed by atoms with Crippen LogP contribution in [-0.4, -0.2) is 44.9 Å². The number of methoxy groups -OCH3 is 3. The Morgan fingerprint density at radius 3 is 2.42 bits per heavy atom. The fraction of sp³-hybridized carbons (Fsp3) is 0.400. The Bertz CT molecular complexity index is 851. The van der Waals surface area contributed by atoms with Gasteiger partial charge in [-0.25, -0.2) is 0 Å². The molecule has 26 heavy (non-hydrogen) atoms. The quantitative estimate of drug-likeness (QED) is 0.911. The molecule has 0 saturated carbocycles. The van der Waals surface area contributed by atoms with E-state index in [1.54, 1.807) is 21.3 Å². The van der Waals surface area contributed by atoms with E-state index in [9.17, 15) is 5.11 Å². The lowest BCUT2D eigenvalue weighted by Gasteiger charge is -2.37. The second-order valence-corrected chi connectivity index (χ2v) is 6.67. The zero-order valence-electron chi connectivity index (χ0n) is 15.4. The highest BCUT2D eigenvalue weighted by Gasteiger charge is 2.38. The van der Waals surface area contributed by atoms with Crippen LogP contribution in [0.25, 0.3) is 0 Å². The van der Waals surface area contributed by atoms with Crippen molar-refractivity contribution < 1.29 is 24.1 Å². The molecule has 2 aromatic carbocycles. The van der Waals surface area contributed by atoms with Gasteiger partial charge in [-0.05, 0) is 31.2 Å². The maximum Gasteiger partial charge on any atom is 0.204 e. The van der Waals surface area contributed by atoms with Crippen LogP contribution < -0.4 is 18.9 Å². The first kappa shape index (κ1) is 17.0. The third-order valence-electron chi connectivity index (χ3n) is 5.30. The fourth-order valence-electron chi connectivity index (χ4n) is 3.99. The van der Waals surface area contributed by atoms with Gasteiger partial charge >= 0.3 is 0 Å². The van der Waals surface area contributed by atoms with E-state index in [0.717, 1.165) is 23.1 Å². The Hall–Kier alpha value is -2.44. The molecule has 4 rings (SSSR count). The van der Waals surface area contributed by atoms with Crippen molar-refractivity contribution in [3.8, 4) is 28.7 Å². The molecule has 0 spiro atoms. The smallest absolute Gasteiger partial charge is 0.204 e. The zero-order chi connectivity index (χ0) is 18.4. The molecule has 1 N–H and O–H groups in total. The monoisotopic (exact) mass is 357 g/mol. The summed E-state index contributed by atoms with van der Waals surface area (Å²) < 4.78 is 22.9. The Kier molecular flexibility index (Phi) is 4.17. The number of aliphatic hydroxyl groups is 1. The minimum absolute atomic E-state index is 0.0813. The summed E-state index contributed by atoms with van der Waals surface area (Å²) in [5, 5.41) is 10.6. The van der Waals surface area contributed by atoms with Gasteiger partial charge in [0, 0.05) is 23.7 Å².